The summed E-state index contributed by atoms with van der Waals surface area (Å²) in [7, 11) is -6.23. The fourth-order valence-electron chi connectivity index (χ4n) is 0.109. The van der Waals surface area contributed by atoms with Crippen LogP contribution >= 0.6 is 0 Å². The molecule has 0 bridgehead atoms. The van der Waals surface area contributed by atoms with Gasteiger partial charge in [-0.3, -0.25) is 0 Å². The molecule has 0 aliphatic rings. The van der Waals surface area contributed by atoms with Gasteiger partial charge in [0, 0.05) is 0 Å². The Bertz CT molecular complexity index is 249. The van der Waals surface area contributed by atoms with Gasteiger partial charge in [-0.15, -0.1) is 0 Å². The van der Waals surface area contributed by atoms with Gasteiger partial charge in [-0.05, 0) is 0 Å². The van der Waals surface area contributed by atoms with Gasteiger partial charge in [0.25, 0.3) is 0 Å². The van der Waals surface area contributed by atoms with E-state index >= 15 is 0 Å². The molecule has 0 aliphatic heterocycles. The van der Waals surface area contributed by atoms with Gasteiger partial charge >= 0.3 is 37.2 Å². The molecule has 0 amide bonds. The molecule has 0 atom stereocenters. The van der Waals surface area contributed by atoms with E-state index in [0.717, 1.165) is 0 Å². The van der Waals surface area contributed by atoms with Gasteiger partial charge in [-0.1, -0.05) is 0 Å². The van der Waals surface area contributed by atoms with Crippen molar-refractivity contribution in [3.63, 3.8) is 0 Å². The normalized spacial score (nSPS) is 11.9. The minimum absolute atomic E-state index is 0. The van der Waals surface area contributed by atoms with Gasteiger partial charge < -0.3 is 4.55 Å². The number of hydrogen-bond donors (Lipinski definition) is 0. The third-order valence-corrected chi connectivity index (χ3v) is 1.43. The number of hydrogen-bond acceptors (Lipinski definition) is 3. The van der Waals surface area contributed by atoms with E-state index in [1.54, 1.807) is 0 Å². The molecule has 0 heterocycles. The molecule has 0 N–H and O–H groups in total. The molecule has 0 aromatic carbocycles. The second-order valence-corrected chi connectivity index (χ2v) is 3.02. The quantitative estimate of drug-likeness (QED) is 0.347. The Morgan fingerprint density at radius 2 is 1.20 bits per heavy atom. The number of halogens is 7. The summed E-state index contributed by atoms with van der Waals surface area (Å²) >= 11 is 0. The van der Waals surface area contributed by atoms with Crippen LogP contribution in [0.25, 0.3) is 0 Å². The third kappa shape index (κ3) is 8.98. The van der Waals surface area contributed by atoms with Gasteiger partial charge in [0.2, 0.25) is 0 Å². The molecule has 15 heavy (non-hydrogen) atoms. The molecule has 0 saturated carbocycles. The van der Waals surface area contributed by atoms with Crippen LogP contribution in [0.3, 0.4) is 0 Å². The minimum Gasteiger partial charge on any atom is -0.743 e. The fraction of sp³-hybridized carbons (Fsp3) is 1.00. The van der Waals surface area contributed by atoms with Crippen molar-refractivity contribution in [1.29, 1.82) is 0 Å². The maximum absolute atomic E-state index is 11.4. The molecule has 0 aromatic heterocycles. The third-order valence-electron chi connectivity index (χ3n) is 0.587. The van der Waals surface area contributed by atoms with Gasteiger partial charge in [0.1, 0.15) is 0 Å². The van der Waals surface area contributed by atoms with E-state index in [1.165, 1.54) is 0 Å². The average Bonchev–Trinajstić information content (AvgIpc) is 1.82. The minimum atomic E-state index is -6.23. The monoisotopic (exact) mass is 258 g/mol. The molecule has 0 aliphatic carbocycles. The second kappa shape index (κ2) is 7.32. The molecule has 0 rings (SSSR count). The van der Waals surface area contributed by atoms with Crippen molar-refractivity contribution >= 4 is 10.1 Å². The molecular formula is C3H2F7LiO3S. The van der Waals surface area contributed by atoms with Crippen molar-refractivity contribution in [1.82, 2.24) is 0 Å². The first kappa shape index (κ1) is 20.4. The topological polar surface area (TPSA) is 57.2 Å². The van der Waals surface area contributed by atoms with E-state index in [1.807, 2.05) is 0 Å². The van der Waals surface area contributed by atoms with Gasteiger partial charge in [-0.2, -0.15) is 22.0 Å². The Morgan fingerprint density at radius 1 is 1.00 bits per heavy atom. The predicted molar refractivity (Wildman–Crippen MR) is 27.8 cm³/mol. The van der Waals surface area contributed by atoms with E-state index in [-0.39, 0.29) is 18.9 Å². The summed E-state index contributed by atoms with van der Waals surface area (Å²) < 4.78 is 102. The molecule has 3 nitrogen and oxygen atoms in total. The van der Waals surface area contributed by atoms with Gasteiger partial charge in [0.05, 0.1) is 0 Å². The Hall–Kier alpha value is 0.0174. The Kier molecular flexibility index (Phi) is 9.97. The van der Waals surface area contributed by atoms with Crippen LogP contribution in [0.2, 0.25) is 0 Å². The van der Waals surface area contributed by atoms with Gasteiger partial charge in [0.15, 0.2) is 10.1 Å². The van der Waals surface area contributed by atoms with Crippen molar-refractivity contribution in [2.24, 2.45) is 0 Å². The van der Waals surface area contributed by atoms with Crippen LogP contribution in [-0.2, 0) is 10.1 Å². The number of rotatable bonds is 2. The van der Waals surface area contributed by atoms with Crippen LogP contribution < -0.4 is 18.9 Å². The summed E-state index contributed by atoms with van der Waals surface area (Å²) in [4.78, 5) is 0. The van der Waals surface area contributed by atoms with E-state index in [4.69, 9.17) is 0 Å². The smallest absolute Gasteiger partial charge is 0.743 e. The fourth-order valence-corrected chi connectivity index (χ4v) is 0.327. The SMILES string of the molecule is FC(F)F.O=S(=O)([O-])C(F)(F)C(F)F.[Li+]. The summed E-state index contributed by atoms with van der Waals surface area (Å²) in [5, 5.41) is -5.48. The zero-order valence-electron chi connectivity index (χ0n) is 6.93. The van der Waals surface area contributed by atoms with Crippen molar-refractivity contribution < 1.29 is 62.6 Å². The Balaban J connectivity index is -0.000000249. The van der Waals surface area contributed by atoms with Crippen molar-refractivity contribution in [3.8, 4) is 0 Å². The van der Waals surface area contributed by atoms with Gasteiger partial charge in [-0.25, -0.2) is 17.2 Å². The van der Waals surface area contributed by atoms with E-state index in [2.05, 4.69) is 0 Å². The summed E-state index contributed by atoms with van der Waals surface area (Å²) in [6, 6.07) is 0. The molecule has 12 heteroatoms. The Morgan fingerprint density at radius 3 is 1.20 bits per heavy atom. The van der Waals surface area contributed by atoms with Crippen molar-refractivity contribution in [2.45, 2.75) is 18.4 Å². The first-order valence-corrected chi connectivity index (χ1v) is 3.87. The summed E-state index contributed by atoms with van der Waals surface area (Å²) in [6.45, 7) is -3.67. The maximum atomic E-state index is 11.4. The molecule has 88 valence electrons. The zero-order valence-corrected chi connectivity index (χ0v) is 7.75. The maximum Gasteiger partial charge on any atom is 1.00 e. The largest absolute Gasteiger partial charge is 1.00 e. The standard InChI is InChI=1S/C2H2F4O3S.CHF3.Li/c3-1(4)2(5,6)10(7,8)9;2-1(3)4;/h1H,(H,7,8,9);1H;/q;;+1/p-1. The first-order chi connectivity index (χ1) is 5.93. The average molecular weight is 258 g/mol. The van der Waals surface area contributed by atoms with E-state index in [9.17, 15) is 43.7 Å². The second-order valence-electron chi connectivity index (χ2n) is 1.56. The molecule has 0 radical (unpaired) electrons. The van der Waals surface area contributed by atoms with Crippen molar-refractivity contribution in [2.75, 3.05) is 0 Å². The van der Waals surface area contributed by atoms with Crippen LogP contribution in [0.4, 0.5) is 30.7 Å². The molecule has 0 aromatic rings. The molecule has 0 spiro atoms. The molecular weight excluding hydrogens is 256 g/mol. The zero-order chi connectivity index (χ0) is 12.2. The Labute approximate surface area is 91.6 Å². The molecule has 0 saturated heterocycles. The van der Waals surface area contributed by atoms with Crippen LogP contribution in [-0.4, -0.2) is 31.3 Å². The summed E-state index contributed by atoms with van der Waals surface area (Å²) in [5.74, 6) is 0. The van der Waals surface area contributed by atoms with Crippen LogP contribution in [0.15, 0.2) is 0 Å². The van der Waals surface area contributed by atoms with Crippen molar-refractivity contribution in [3.05, 3.63) is 0 Å². The van der Waals surface area contributed by atoms with Crippen LogP contribution in [0.1, 0.15) is 0 Å². The van der Waals surface area contributed by atoms with Crippen LogP contribution in [0, 0.1) is 0 Å². The predicted octanol–water partition coefficient (Wildman–Crippen LogP) is -1.43. The van der Waals surface area contributed by atoms with E-state index in [0.29, 0.717) is 0 Å². The number of alkyl halides is 7. The molecule has 0 fully saturated rings. The summed E-state index contributed by atoms with van der Waals surface area (Å²) in [5.41, 5.74) is 0. The summed E-state index contributed by atoms with van der Waals surface area (Å²) in [6.07, 6.45) is -4.48. The van der Waals surface area contributed by atoms with E-state index < -0.39 is 28.5 Å². The first-order valence-electron chi connectivity index (χ1n) is 2.46. The van der Waals surface area contributed by atoms with Crippen LogP contribution in [0.5, 0.6) is 0 Å². The molecule has 0 unspecified atom stereocenters.